The molecule has 8 heteroatoms. The third-order valence-corrected chi connectivity index (χ3v) is 6.49. The second-order valence-electron chi connectivity index (χ2n) is 8.76. The first-order valence-corrected chi connectivity index (χ1v) is 11.4. The molecule has 0 unspecified atom stereocenters. The van der Waals surface area contributed by atoms with Crippen LogP contribution in [0.15, 0.2) is 4.99 Å². The number of rotatable bonds is 8. The number of amides is 1. The highest BCUT2D eigenvalue weighted by atomic mass is 127. The zero-order chi connectivity index (χ0) is 19.8. The van der Waals surface area contributed by atoms with Crippen LogP contribution in [0.2, 0.25) is 0 Å². The monoisotopic (exact) mass is 520 g/mol. The summed E-state index contributed by atoms with van der Waals surface area (Å²) in [4.78, 5) is 21.9. The zero-order valence-electron chi connectivity index (χ0n) is 18.3. The van der Waals surface area contributed by atoms with Gasteiger partial charge >= 0.3 is 0 Å². The first-order chi connectivity index (χ1) is 13.6. The molecule has 0 radical (unpaired) electrons. The number of carbonyl (C=O) groups is 1. The zero-order valence-corrected chi connectivity index (χ0v) is 20.7. The Bertz CT molecular complexity index is 525. The fourth-order valence-electron chi connectivity index (χ4n) is 4.40. The molecule has 0 aromatic carbocycles. The highest BCUT2D eigenvalue weighted by Crippen LogP contribution is 2.31. The number of carbonyl (C=O) groups excluding carboxylic acids is 1. The van der Waals surface area contributed by atoms with Crippen LogP contribution in [0.1, 0.15) is 51.9 Å². The average molecular weight is 521 g/mol. The summed E-state index contributed by atoms with van der Waals surface area (Å²) in [6.45, 7) is 9.91. The summed E-state index contributed by atoms with van der Waals surface area (Å²) in [5, 5.41) is 9.78. The number of nitrogens with zero attached hydrogens (tertiary/aromatic N) is 3. The van der Waals surface area contributed by atoms with Crippen molar-refractivity contribution in [2.45, 2.75) is 57.4 Å². The molecule has 1 aliphatic carbocycles. The molecule has 2 heterocycles. The van der Waals surface area contributed by atoms with Gasteiger partial charge in [-0.2, -0.15) is 0 Å². The van der Waals surface area contributed by atoms with Crippen LogP contribution in [-0.2, 0) is 4.79 Å². The Balaban J connectivity index is 0.00000300. The molecule has 2 saturated heterocycles. The quantitative estimate of drug-likeness (QED) is 0.197. The van der Waals surface area contributed by atoms with E-state index in [1.165, 1.54) is 45.2 Å². The SMILES string of the molecule is CCNC(=NCC1(N2CCCCC2)CCN(C)CC1)NCCNC(=O)C1CC1.I. The maximum Gasteiger partial charge on any atom is 0.223 e. The van der Waals surface area contributed by atoms with Gasteiger partial charge in [-0.3, -0.25) is 14.7 Å². The molecule has 0 atom stereocenters. The number of halogens is 1. The Morgan fingerprint density at radius 1 is 1.00 bits per heavy atom. The van der Waals surface area contributed by atoms with Gasteiger partial charge in [0.25, 0.3) is 0 Å². The summed E-state index contributed by atoms with van der Waals surface area (Å²) in [5.41, 5.74) is 0.204. The lowest BCUT2D eigenvalue weighted by Gasteiger charge is -2.49. The summed E-state index contributed by atoms with van der Waals surface area (Å²) in [7, 11) is 2.23. The van der Waals surface area contributed by atoms with Crippen molar-refractivity contribution < 1.29 is 4.79 Å². The lowest BCUT2D eigenvalue weighted by Crippen LogP contribution is -2.58. The fourth-order valence-corrected chi connectivity index (χ4v) is 4.40. The topological polar surface area (TPSA) is 72.0 Å². The minimum atomic E-state index is 0. The molecular weight excluding hydrogens is 479 g/mol. The van der Waals surface area contributed by atoms with E-state index in [1.807, 2.05) is 0 Å². The van der Waals surface area contributed by atoms with Crippen molar-refractivity contribution >= 4 is 35.8 Å². The van der Waals surface area contributed by atoms with E-state index in [0.717, 1.165) is 45.0 Å². The van der Waals surface area contributed by atoms with Crippen molar-refractivity contribution in [2.24, 2.45) is 10.9 Å². The Labute approximate surface area is 193 Å². The fraction of sp³-hybridized carbons (Fsp3) is 0.905. The highest BCUT2D eigenvalue weighted by molar-refractivity contribution is 14.0. The third kappa shape index (κ3) is 7.54. The minimum absolute atomic E-state index is 0. The molecule has 29 heavy (non-hydrogen) atoms. The van der Waals surface area contributed by atoms with Crippen LogP contribution >= 0.6 is 24.0 Å². The van der Waals surface area contributed by atoms with Crippen LogP contribution in [0.5, 0.6) is 0 Å². The van der Waals surface area contributed by atoms with E-state index in [0.29, 0.717) is 13.1 Å². The van der Waals surface area contributed by atoms with Crippen molar-refractivity contribution in [3.05, 3.63) is 0 Å². The molecular formula is C21H41IN6O. The van der Waals surface area contributed by atoms with Crippen LogP contribution in [0.3, 0.4) is 0 Å². The maximum absolute atomic E-state index is 11.8. The van der Waals surface area contributed by atoms with Crippen molar-refractivity contribution in [1.82, 2.24) is 25.8 Å². The Kier molecular flexibility index (Phi) is 10.5. The number of likely N-dealkylation sites (tertiary alicyclic amines) is 2. The van der Waals surface area contributed by atoms with Gasteiger partial charge in [-0.1, -0.05) is 6.42 Å². The van der Waals surface area contributed by atoms with Gasteiger partial charge in [0.1, 0.15) is 0 Å². The predicted octanol–water partition coefficient (Wildman–Crippen LogP) is 1.64. The summed E-state index contributed by atoms with van der Waals surface area (Å²) < 4.78 is 0. The smallest absolute Gasteiger partial charge is 0.223 e. The van der Waals surface area contributed by atoms with Crippen LogP contribution in [-0.4, -0.2) is 86.6 Å². The van der Waals surface area contributed by atoms with Gasteiger partial charge < -0.3 is 20.9 Å². The first-order valence-electron chi connectivity index (χ1n) is 11.4. The predicted molar refractivity (Wildman–Crippen MR) is 130 cm³/mol. The minimum Gasteiger partial charge on any atom is -0.357 e. The number of nitrogens with one attached hydrogen (secondary N) is 3. The average Bonchev–Trinajstić information content (AvgIpc) is 3.57. The Hall–Kier alpha value is -0.610. The molecule has 0 spiro atoms. The van der Waals surface area contributed by atoms with Crippen LogP contribution in [0.25, 0.3) is 0 Å². The van der Waals surface area contributed by atoms with Crippen molar-refractivity contribution in [3.8, 4) is 0 Å². The van der Waals surface area contributed by atoms with Crippen molar-refractivity contribution in [2.75, 3.05) is 59.4 Å². The second-order valence-corrected chi connectivity index (χ2v) is 8.76. The van der Waals surface area contributed by atoms with Gasteiger partial charge in [-0.15, -0.1) is 24.0 Å². The van der Waals surface area contributed by atoms with Gasteiger partial charge in [0, 0.05) is 31.1 Å². The molecule has 7 nitrogen and oxygen atoms in total. The number of hydrogen-bond donors (Lipinski definition) is 3. The molecule has 168 valence electrons. The van der Waals surface area contributed by atoms with E-state index in [9.17, 15) is 4.79 Å². The maximum atomic E-state index is 11.8. The molecule has 1 saturated carbocycles. The van der Waals surface area contributed by atoms with E-state index in [1.54, 1.807) is 0 Å². The number of hydrogen-bond acceptors (Lipinski definition) is 4. The third-order valence-electron chi connectivity index (χ3n) is 6.49. The largest absolute Gasteiger partial charge is 0.357 e. The molecule has 1 amide bonds. The standard InChI is InChI=1S/C21H40N6O.HI/c1-3-22-20(24-12-11-23-19(28)18-7-8-18)25-17-21(9-15-26(2)16-10-21)27-13-5-4-6-14-27;/h18H,3-17H2,1-2H3,(H,23,28)(H2,22,24,25);1H. The van der Waals surface area contributed by atoms with Crippen LogP contribution < -0.4 is 16.0 Å². The van der Waals surface area contributed by atoms with Gasteiger partial charge in [0.15, 0.2) is 5.96 Å². The summed E-state index contributed by atoms with van der Waals surface area (Å²) >= 11 is 0. The van der Waals surface area contributed by atoms with Gasteiger partial charge in [0.2, 0.25) is 5.91 Å². The molecule has 2 aliphatic heterocycles. The van der Waals surface area contributed by atoms with E-state index in [2.05, 4.69) is 39.7 Å². The highest BCUT2D eigenvalue weighted by Gasteiger charge is 2.39. The van der Waals surface area contributed by atoms with Gasteiger partial charge in [-0.25, -0.2) is 0 Å². The summed E-state index contributed by atoms with van der Waals surface area (Å²) in [6.07, 6.45) is 8.51. The van der Waals surface area contributed by atoms with E-state index in [4.69, 9.17) is 4.99 Å². The normalized spacial score (nSPS) is 23.2. The van der Waals surface area contributed by atoms with Crippen LogP contribution in [0, 0.1) is 5.92 Å². The molecule has 0 aromatic heterocycles. The van der Waals surface area contributed by atoms with Crippen LogP contribution in [0.4, 0.5) is 0 Å². The Morgan fingerprint density at radius 2 is 1.66 bits per heavy atom. The lowest BCUT2D eigenvalue weighted by molar-refractivity contribution is -0.122. The molecule has 3 fully saturated rings. The first kappa shape index (κ1) is 24.7. The lowest BCUT2D eigenvalue weighted by atomic mass is 9.84. The molecule has 3 rings (SSSR count). The number of piperidine rings is 2. The molecule has 0 aromatic rings. The molecule has 3 aliphatic rings. The van der Waals surface area contributed by atoms with E-state index >= 15 is 0 Å². The van der Waals surface area contributed by atoms with Gasteiger partial charge in [-0.05, 0) is 78.7 Å². The number of aliphatic imine (C=N–C) groups is 1. The Morgan fingerprint density at radius 3 is 2.28 bits per heavy atom. The molecule has 0 bridgehead atoms. The summed E-state index contributed by atoms with van der Waals surface area (Å²) in [5.74, 6) is 1.35. The van der Waals surface area contributed by atoms with E-state index < -0.39 is 0 Å². The van der Waals surface area contributed by atoms with Crippen molar-refractivity contribution in [3.63, 3.8) is 0 Å². The summed E-state index contributed by atoms with van der Waals surface area (Å²) in [6, 6.07) is 0. The van der Waals surface area contributed by atoms with E-state index in [-0.39, 0.29) is 41.3 Å². The van der Waals surface area contributed by atoms with Gasteiger partial charge in [0.05, 0.1) is 6.54 Å². The van der Waals surface area contributed by atoms with Crippen molar-refractivity contribution in [1.29, 1.82) is 0 Å². The number of guanidine groups is 1. The molecule has 3 N–H and O–H groups in total. The second kappa shape index (κ2) is 12.3.